The number of anilines is 1. The van der Waals surface area contributed by atoms with Crippen molar-refractivity contribution >= 4 is 16.6 Å². The maximum atomic E-state index is 12.9. The first-order valence-corrected chi connectivity index (χ1v) is 6.46. The molecule has 0 bridgehead atoms. The van der Waals surface area contributed by atoms with Crippen molar-refractivity contribution in [1.29, 1.82) is 0 Å². The summed E-state index contributed by atoms with van der Waals surface area (Å²) < 4.78 is 12.9. The van der Waals surface area contributed by atoms with Crippen LogP contribution in [0.5, 0.6) is 0 Å². The molecular weight excluding hydrogens is 253 g/mol. The Morgan fingerprint density at radius 2 is 1.80 bits per heavy atom. The molecule has 1 atom stereocenters. The highest BCUT2D eigenvalue weighted by Gasteiger charge is 2.09. The fourth-order valence-electron chi connectivity index (χ4n) is 2.17. The first-order chi connectivity index (χ1) is 9.74. The lowest BCUT2D eigenvalue weighted by molar-refractivity contribution is 0.626. The van der Waals surface area contributed by atoms with Crippen LogP contribution in [-0.4, -0.2) is 10.2 Å². The van der Waals surface area contributed by atoms with Gasteiger partial charge in [0, 0.05) is 10.8 Å². The van der Waals surface area contributed by atoms with E-state index in [0.29, 0.717) is 0 Å². The number of fused-ring (bicyclic) bond motifs is 1. The van der Waals surface area contributed by atoms with Gasteiger partial charge in [0.15, 0.2) is 5.82 Å². The minimum atomic E-state index is -0.231. The summed E-state index contributed by atoms with van der Waals surface area (Å²) in [7, 11) is 0. The van der Waals surface area contributed by atoms with Crippen LogP contribution in [0.2, 0.25) is 0 Å². The molecule has 1 unspecified atom stereocenters. The van der Waals surface area contributed by atoms with E-state index in [-0.39, 0.29) is 11.9 Å². The van der Waals surface area contributed by atoms with Gasteiger partial charge in [-0.15, -0.1) is 5.10 Å². The summed E-state index contributed by atoms with van der Waals surface area (Å²) in [4.78, 5) is 0. The summed E-state index contributed by atoms with van der Waals surface area (Å²) in [5, 5.41) is 13.5. The van der Waals surface area contributed by atoms with Crippen molar-refractivity contribution in [2.75, 3.05) is 5.32 Å². The smallest absolute Gasteiger partial charge is 0.157 e. The third-order valence-corrected chi connectivity index (χ3v) is 3.29. The van der Waals surface area contributed by atoms with Crippen LogP contribution in [0, 0.1) is 5.82 Å². The number of benzene rings is 2. The van der Waals surface area contributed by atoms with Crippen LogP contribution in [0.25, 0.3) is 10.8 Å². The summed E-state index contributed by atoms with van der Waals surface area (Å²) in [6, 6.07) is 14.4. The van der Waals surface area contributed by atoms with Gasteiger partial charge in [0.05, 0.1) is 12.2 Å². The highest BCUT2D eigenvalue weighted by molar-refractivity contribution is 5.90. The number of rotatable bonds is 3. The SMILES string of the molecule is CC(Nc1nncc2ccccc12)c1ccc(F)cc1. The Kier molecular flexibility index (Phi) is 3.29. The predicted molar refractivity (Wildman–Crippen MR) is 78.0 cm³/mol. The molecule has 0 amide bonds. The van der Waals surface area contributed by atoms with Crippen LogP contribution in [0.1, 0.15) is 18.5 Å². The molecule has 0 radical (unpaired) electrons. The van der Waals surface area contributed by atoms with Crippen molar-refractivity contribution in [2.45, 2.75) is 13.0 Å². The van der Waals surface area contributed by atoms with Gasteiger partial charge in [0.1, 0.15) is 5.82 Å². The molecule has 0 aliphatic rings. The Hall–Kier alpha value is -2.49. The van der Waals surface area contributed by atoms with Gasteiger partial charge in [-0.25, -0.2) is 4.39 Å². The second-order valence-corrected chi connectivity index (χ2v) is 4.70. The minimum absolute atomic E-state index is 0.0238. The summed E-state index contributed by atoms with van der Waals surface area (Å²) in [5.41, 5.74) is 1.00. The maximum absolute atomic E-state index is 12.9. The van der Waals surface area contributed by atoms with Crippen LogP contribution in [-0.2, 0) is 0 Å². The molecule has 4 heteroatoms. The fraction of sp³-hybridized carbons (Fsp3) is 0.125. The lowest BCUT2D eigenvalue weighted by Gasteiger charge is -2.15. The second-order valence-electron chi connectivity index (χ2n) is 4.70. The summed E-state index contributed by atoms with van der Waals surface area (Å²) in [6.07, 6.45) is 1.74. The van der Waals surface area contributed by atoms with Gasteiger partial charge in [-0.1, -0.05) is 36.4 Å². The van der Waals surface area contributed by atoms with E-state index < -0.39 is 0 Å². The van der Waals surface area contributed by atoms with Crippen LogP contribution in [0.3, 0.4) is 0 Å². The van der Waals surface area contributed by atoms with Gasteiger partial charge in [0.25, 0.3) is 0 Å². The van der Waals surface area contributed by atoms with Crippen LogP contribution >= 0.6 is 0 Å². The van der Waals surface area contributed by atoms with Gasteiger partial charge in [-0.05, 0) is 24.6 Å². The lowest BCUT2D eigenvalue weighted by Crippen LogP contribution is -2.08. The van der Waals surface area contributed by atoms with Gasteiger partial charge >= 0.3 is 0 Å². The molecule has 20 heavy (non-hydrogen) atoms. The van der Waals surface area contributed by atoms with Crippen molar-refractivity contribution in [1.82, 2.24) is 10.2 Å². The topological polar surface area (TPSA) is 37.8 Å². The molecule has 0 aliphatic heterocycles. The van der Waals surface area contributed by atoms with Gasteiger partial charge in [-0.3, -0.25) is 0 Å². The number of halogens is 1. The summed E-state index contributed by atoms with van der Waals surface area (Å²) in [6.45, 7) is 2.01. The predicted octanol–water partition coefficient (Wildman–Crippen LogP) is 3.94. The van der Waals surface area contributed by atoms with E-state index in [2.05, 4.69) is 15.5 Å². The van der Waals surface area contributed by atoms with E-state index in [0.717, 1.165) is 22.2 Å². The average molecular weight is 267 g/mol. The van der Waals surface area contributed by atoms with Crippen LogP contribution in [0.15, 0.2) is 54.7 Å². The van der Waals surface area contributed by atoms with E-state index in [1.54, 1.807) is 18.3 Å². The van der Waals surface area contributed by atoms with Crippen molar-refractivity contribution in [2.24, 2.45) is 0 Å². The van der Waals surface area contributed by atoms with Crippen molar-refractivity contribution in [3.05, 3.63) is 66.1 Å². The average Bonchev–Trinajstić information content (AvgIpc) is 2.48. The van der Waals surface area contributed by atoms with Crippen molar-refractivity contribution in [3.8, 4) is 0 Å². The normalized spacial score (nSPS) is 12.3. The highest BCUT2D eigenvalue weighted by atomic mass is 19.1. The Labute approximate surface area is 116 Å². The lowest BCUT2D eigenvalue weighted by atomic mass is 10.1. The third-order valence-electron chi connectivity index (χ3n) is 3.29. The second kappa shape index (κ2) is 5.25. The summed E-state index contributed by atoms with van der Waals surface area (Å²) >= 11 is 0. The van der Waals surface area contributed by atoms with Crippen molar-refractivity contribution in [3.63, 3.8) is 0 Å². The Morgan fingerprint density at radius 1 is 1.05 bits per heavy atom. The molecule has 1 aromatic heterocycles. The molecule has 3 nitrogen and oxygen atoms in total. The van der Waals surface area contributed by atoms with E-state index in [9.17, 15) is 4.39 Å². The van der Waals surface area contributed by atoms with Gasteiger partial charge in [0.2, 0.25) is 0 Å². The Balaban J connectivity index is 1.91. The van der Waals surface area contributed by atoms with Crippen LogP contribution in [0.4, 0.5) is 10.2 Å². The molecule has 1 N–H and O–H groups in total. The number of hydrogen-bond acceptors (Lipinski definition) is 3. The number of hydrogen-bond donors (Lipinski definition) is 1. The van der Waals surface area contributed by atoms with E-state index in [4.69, 9.17) is 0 Å². The molecule has 1 heterocycles. The molecule has 0 spiro atoms. The molecule has 0 saturated carbocycles. The molecule has 0 saturated heterocycles. The standard InChI is InChI=1S/C16H14FN3/c1-11(12-6-8-14(17)9-7-12)19-16-15-5-3-2-4-13(15)10-18-20-16/h2-11H,1H3,(H,19,20). The number of nitrogens with zero attached hydrogens (tertiary/aromatic N) is 2. The highest BCUT2D eigenvalue weighted by Crippen LogP contribution is 2.24. The Bertz CT molecular complexity index is 720. The molecule has 100 valence electrons. The Morgan fingerprint density at radius 3 is 2.60 bits per heavy atom. The fourth-order valence-corrected chi connectivity index (χ4v) is 2.17. The van der Waals surface area contributed by atoms with E-state index in [1.165, 1.54) is 12.1 Å². The number of nitrogens with one attached hydrogen (secondary N) is 1. The largest absolute Gasteiger partial charge is 0.362 e. The first kappa shape index (κ1) is 12.5. The zero-order valence-corrected chi connectivity index (χ0v) is 11.0. The first-order valence-electron chi connectivity index (χ1n) is 6.46. The van der Waals surface area contributed by atoms with Crippen molar-refractivity contribution < 1.29 is 4.39 Å². The zero-order valence-electron chi connectivity index (χ0n) is 11.0. The zero-order chi connectivity index (χ0) is 13.9. The molecule has 0 aliphatic carbocycles. The van der Waals surface area contributed by atoms with Gasteiger partial charge < -0.3 is 5.32 Å². The maximum Gasteiger partial charge on any atom is 0.157 e. The third kappa shape index (κ3) is 2.45. The quantitative estimate of drug-likeness (QED) is 0.781. The molecular formula is C16H14FN3. The minimum Gasteiger partial charge on any atom is -0.362 e. The summed E-state index contributed by atoms with van der Waals surface area (Å²) in [5.74, 6) is 0.505. The number of aromatic nitrogens is 2. The molecule has 0 fully saturated rings. The van der Waals surface area contributed by atoms with E-state index >= 15 is 0 Å². The van der Waals surface area contributed by atoms with E-state index in [1.807, 2.05) is 31.2 Å². The molecule has 3 aromatic rings. The monoisotopic (exact) mass is 267 g/mol. The van der Waals surface area contributed by atoms with Gasteiger partial charge in [-0.2, -0.15) is 5.10 Å². The van der Waals surface area contributed by atoms with Crippen LogP contribution < -0.4 is 5.32 Å². The molecule has 2 aromatic carbocycles. The molecule has 3 rings (SSSR count).